The minimum absolute atomic E-state index is 0.0752. The standard InChI is InChI=1S/C7H11N3O/c11-5-6-7-1-2-9-10(7)4-3-8-6/h1-2,6,8,11H,3-5H2. The van der Waals surface area contributed by atoms with Crippen LogP contribution in [0.25, 0.3) is 0 Å². The third-order valence-electron chi connectivity index (χ3n) is 2.00. The fourth-order valence-electron chi connectivity index (χ4n) is 1.43. The first-order chi connectivity index (χ1) is 5.42. The second kappa shape index (κ2) is 2.64. The van der Waals surface area contributed by atoms with Crippen LogP contribution in [-0.4, -0.2) is 28.0 Å². The van der Waals surface area contributed by atoms with Gasteiger partial charge in [-0.1, -0.05) is 0 Å². The zero-order chi connectivity index (χ0) is 7.68. The SMILES string of the molecule is OCC1NCCn2nccc21. The van der Waals surface area contributed by atoms with E-state index in [-0.39, 0.29) is 12.6 Å². The number of hydrogen-bond acceptors (Lipinski definition) is 3. The molecule has 4 heteroatoms. The van der Waals surface area contributed by atoms with E-state index < -0.39 is 0 Å². The third-order valence-corrected chi connectivity index (χ3v) is 2.00. The van der Waals surface area contributed by atoms with Crippen molar-refractivity contribution in [2.24, 2.45) is 0 Å². The van der Waals surface area contributed by atoms with Gasteiger partial charge in [-0.05, 0) is 6.07 Å². The maximum absolute atomic E-state index is 8.95. The highest BCUT2D eigenvalue weighted by molar-refractivity contribution is 5.08. The van der Waals surface area contributed by atoms with Crippen molar-refractivity contribution >= 4 is 0 Å². The molecule has 0 saturated heterocycles. The average Bonchev–Trinajstić information content (AvgIpc) is 2.50. The summed E-state index contributed by atoms with van der Waals surface area (Å²) in [5.74, 6) is 0. The summed E-state index contributed by atoms with van der Waals surface area (Å²) in [6, 6.07) is 2.01. The van der Waals surface area contributed by atoms with Crippen LogP contribution in [0.15, 0.2) is 12.3 Å². The molecule has 1 aromatic rings. The predicted octanol–water partition coefficient (Wildman–Crippen LogP) is -0.480. The maximum atomic E-state index is 8.95. The minimum Gasteiger partial charge on any atom is -0.394 e. The molecular weight excluding hydrogens is 142 g/mol. The van der Waals surface area contributed by atoms with Gasteiger partial charge < -0.3 is 10.4 Å². The van der Waals surface area contributed by atoms with Crippen molar-refractivity contribution in [3.63, 3.8) is 0 Å². The van der Waals surface area contributed by atoms with Gasteiger partial charge in [0.05, 0.1) is 24.9 Å². The number of hydrogen-bond donors (Lipinski definition) is 2. The van der Waals surface area contributed by atoms with Crippen molar-refractivity contribution in [1.29, 1.82) is 0 Å². The molecule has 0 fully saturated rings. The summed E-state index contributed by atoms with van der Waals surface area (Å²) in [4.78, 5) is 0. The summed E-state index contributed by atoms with van der Waals surface area (Å²) in [5, 5.41) is 16.3. The normalized spacial score (nSPS) is 23.2. The monoisotopic (exact) mass is 153 g/mol. The fraction of sp³-hybridized carbons (Fsp3) is 0.571. The quantitative estimate of drug-likeness (QED) is 0.573. The van der Waals surface area contributed by atoms with E-state index in [1.54, 1.807) is 6.20 Å². The average molecular weight is 153 g/mol. The smallest absolute Gasteiger partial charge is 0.0727 e. The summed E-state index contributed by atoms with van der Waals surface area (Å²) >= 11 is 0. The molecule has 0 bridgehead atoms. The van der Waals surface area contributed by atoms with E-state index in [2.05, 4.69) is 10.4 Å². The Kier molecular flexibility index (Phi) is 1.63. The van der Waals surface area contributed by atoms with Crippen molar-refractivity contribution in [2.45, 2.75) is 12.6 Å². The number of aliphatic hydroxyl groups is 1. The lowest BCUT2D eigenvalue weighted by Gasteiger charge is -2.23. The van der Waals surface area contributed by atoms with Gasteiger partial charge in [-0.25, -0.2) is 0 Å². The fourth-order valence-corrected chi connectivity index (χ4v) is 1.43. The largest absolute Gasteiger partial charge is 0.394 e. The molecular formula is C7H11N3O. The molecule has 60 valence electrons. The third kappa shape index (κ3) is 1.04. The highest BCUT2D eigenvalue weighted by Gasteiger charge is 2.18. The number of nitrogens with zero attached hydrogens (tertiary/aromatic N) is 2. The molecule has 0 radical (unpaired) electrons. The molecule has 1 unspecified atom stereocenters. The lowest BCUT2D eigenvalue weighted by atomic mass is 10.2. The van der Waals surface area contributed by atoms with Crippen LogP contribution in [0.2, 0.25) is 0 Å². The van der Waals surface area contributed by atoms with E-state index in [9.17, 15) is 0 Å². The lowest BCUT2D eigenvalue weighted by molar-refractivity contribution is 0.224. The highest BCUT2D eigenvalue weighted by atomic mass is 16.3. The molecule has 0 aromatic carbocycles. The van der Waals surface area contributed by atoms with Crippen LogP contribution in [0, 0.1) is 0 Å². The van der Waals surface area contributed by atoms with Crippen LogP contribution in [0.4, 0.5) is 0 Å². The molecule has 1 aliphatic rings. The van der Waals surface area contributed by atoms with Gasteiger partial charge in [0.25, 0.3) is 0 Å². The summed E-state index contributed by atoms with van der Waals surface area (Å²) in [5.41, 5.74) is 1.08. The Balaban J connectivity index is 2.32. The minimum atomic E-state index is 0.0752. The molecule has 11 heavy (non-hydrogen) atoms. The number of aliphatic hydroxyl groups excluding tert-OH is 1. The first-order valence-electron chi connectivity index (χ1n) is 3.78. The van der Waals surface area contributed by atoms with Gasteiger partial charge in [-0.15, -0.1) is 0 Å². The van der Waals surface area contributed by atoms with Gasteiger partial charge in [-0.2, -0.15) is 5.10 Å². The number of aromatic nitrogens is 2. The van der Waals surface area contributed by atoms with Gasteiger partial charge >= 0.3 is 0 Å². The second-order valence-electron chi connectivity index (χ2n) is 2.67. The van der Waals surface area contributed by atoms with Gasteiger partial charge in [-0.3, -0.25) is 4.68 Å². The molecule has 1 atom stereocenters. The zero-order valence-electron chi connectivity index (χ0n) is 6.20. The van der Waals surface area contributed by atoms with Crippen molar-refractivity contribution in [3.05, 3.63) is 18.0 Å². The van der Waals surface area contributed by atoms with Crippen LogP contribution in [-0.2, 0) is 6.54 Å². The van der Waals surface area contributed by atoms with Crippen molar-refractivity contribution in [3.8, 4) is 0 Å². The molecule has 1 aromatic heterocycles. The molecule has 1 aliphatic heterocycles. The van der Waals surface area contributed by atoms with E-state index >= 15 is 0 Å². The first-order valence-corrected chi connectivity index (χ1v) is 3.78. The Morgan fingerprint density at radius 2 is 2.73 bits per heavy atom. The summed E-state index contributed by atoms with van der Waals surface area (Å²) in [6.45, 7) is 1.93. The predicted molar refractivity (Wildman–Crippen MR) is 40.1 cm³/mol. The van der Waals surface area contributed by atoms with Crippen LogP contribution >= 0.6 is 0 Å². The summed E-state index contributed by atoms with van der Waals surface area (Å²) in [6.07, 6.45) is 1.77. The second-order valence-corrected chi connectivity index (χ2v) is 2.67. The number of nitrogens with one attached hydrogen (secondary N) is 1. The molecule has 0 aliphatic carbocycles. The van der Waals surface area contributed by atoms with Crippen molar-refractivity contribution < 1.29 is 5.11 Å². The van der Waals surface area contributed by atoms with Crippen LogP contribution in [0.3, 0.4) is 0 Å². The van der Waals surface area contributed by atoms with Crippen molar-refractivity contribution in [2.75, 3.05) is 13.2 Å². The Morgan fingerprint density at radius 1 is 1.82 bits per heavy atom. The summed E-state index contributed by atoms with van der Waals surface area (Å²) < 4.78 is 1.93. The molecule has 0 amide bonds. The molecule has 2 heterocycles. The van der Waals surface area contributed by atoms with Gasteiger partial charge in [0, 0.05) is 12.7 Å². The maximum Gasteiger partial charge on any atom is 0.0727 e. The van der Waals surface area contributed by atoms with E-state index in [0.29, 0.717) is 0 Å². The Morgan fingerprint density at radius 3 is 3.55 bits per heavy atom. The lowest BCUT2D eigenvalue weighted by Crippen LogP contribution is -2.35. The zero-order valence-corrected chi connectivity index (χ0v) is 6.20. The molecule has 2 rings (SSSR count). The molecule has 2 N–H and O–H groups in total. The first kappa shape index (κ1) is 6.82. The van der Waals surface area contributed by atoms with Crippen LogP contribution in [0.5, 0.6) is 0 Å². The highest BCUT2D eigenvalue weighted by Crippen LogP contribution is 2.14. The summed E-state index contributed by atoms with van der Waals surface area (Å²) in [7, 11) is 0. The van der Waals surface area contributed by atoms with Gasteiger partial charge in [0.15, 0.2) is 0 Å². The molecule has 0 spiro atoms. The van der Waals surface area contributed by atoms with E-state index in [1.807, 2.05) is 10.7 Å². The van der Waals surface area contributed by atoms with Gasteiger partial charge in [0.1, 0.15) is 0 Å². The Bertz CT molecular complexity index is 246. The number of fused-ring (bicyclic) bond motifs is 1. The number of rotatable bonds is 1. The Labute approximate surface area is 64.8 Å². The molecule has 4 nitrogen and oxygen atoms in total. The van der Waals surface area contributed by atoms with Crippen LogP contribution in [0.1, 0.15) is 11.7 Å². The van der Waals surface area contributed by atoms with Crippen molar-refractivity contribution in [1.82, 2.24) is 15.1 Å². The van der Waals surface area contributed by atoms with Gasteiger partial charge in [0.2, 0.25) is 0 Å². The van der Waals surface area contributed by atoms with Crippen LogP contribution < -0.4 is 5.32 Å². The Hall–Kier alpha value is -0.870. The van der Waals surface area contributed by atoms with E-state index in [4.69, 9.17) is 5.11 Å². The van der Waals surface area contributed by atoms with E-state index in [0.717, 1.165) is 18.8 Å². The van der Waals surface area contributed by atoms with E-state index in [1.165, 1.54) is 0 Å². The topological polar surface area (TPSA) is 50.1 Å². The molecule has 0 saturated carbocycles.